The van der Waals surface area contributed by atoms with Crippen LogP contribution in [-0.4, -0.2) is 17.5 Å². The lowest BCUT2D eigenvalue weighted by molar-refractivity contribution is -0.384. The number of allylic oxidation sites excluding steroid dienone is 2. The van der Waals surface area contributed by atoms with Crippen LogP contribution in [0.15, 0.2) is 35.9 Å². The standard InChI is InChI=1S/C20H23NO4/c1-5-25-18(22)16-15-14-11(2)10-19(16,3)17(20(14,15)4)12-6-8-13(9-7-12)21(23)24/h6-10,14-17H,5H2,1-4H3/t14-,15-,16+,17-,19+,20-/m1/s1. The van der Waals surface area contributed by atoms with Gasteiger partial charge in [-0.15, -0.1) is 0 Å². The van der Waals surface area contributed by atoms with Crippen molar-refractivity contribution in [3.8, 4) is 0 Å². The first-order valence-electron chi connectivity index (χ1n) is 8.87. The van der Waals surface area contributed by atoms with Crippen LogP contribution in [-0.2, 0) is 9.53 Å². The van der Waals surface area contributed by atoms with Crippen LogP contribution >= 0.6 is 0 Å². The van der Waals surface area contributed by atoms with E-state index >= 15 is 0 Å². The molecule has 25 heavy (non-hydrogen) atoms. The minimum absolute atomic E-state index is 0.0289. The van der Waals surface area contributed by atoms with Crippen molar-refractivity contribution in [1.29, 1.82) is 0 Å². The second kappa shape index (κ2) is 4.93. The Kier molecular flexibility index (Phi) is 3.22. The van der Waals surface area contributed by atoms with Crippen LogP contribution in [0.3, 0.4) is 0 Å². The lowest BCUT2D eigenvalue weighted by atomic mass is 9.59. The van der Waals surface area contributed by atoms with Crippen molar-refractivity contribution < 1.29 is 14.5 Å². The van der Waals surface area contributed by atoms with Gasteiger partial charge in [0.2, 0.25) is 0 Å². The predicted molar refractivity (Wildman–Crippen MR) is 92.9 cm³/mol. The third-order valence-corrected chi connectivity index (χ3v) is 6.92. The molecule has 4 aliphatic rings. The van der Waals surface area contributed by atoms with E-state index in [0.717, 1.165) is 5.56 Å². The Hall–Kier alpha value is -2.17. The zero-order valence-corrected chi connectivity index (χ0v) is 15.0. The van der Waals surface area contributed by atoms with E-state index in [1.54, 1.807) is 12.1 Å². The Bertz CT molecular complexity index is 798. The fourth-order valence-electron chi connectivity index (χ4n) is 6.39. The summed E-state index contributed by atoms with van der Waals surface area (Å²) < 4.78 is 5.40. The molecule has 1 aromatic rings. The average molecular weight is 341 g/mol. The van der Waals surface area contributed by atoms with E-state index in [-0.39, 0.29) is 39.2 Å². The van der Waals surface area contributed by atoms with Gasteiger partial charge in [-0.05, 0) is 42.6 Å². The van der Waals surface area contributed by atoms with Crippen molar-refractivity contribution in [2.45, 2.75) is 33.6 Å². The van der Waals surface area contributed by atoms with Crippen LogP contribution in [0.4, 0.5) is 5.69 Å². The van der Waals surface area contributed by atoms with Gasteiger partial charge in [0.1, 0.15) is 0 Å². The highest BCUT2D eigenvalue weighted by atomic mass is 16.6. The minimum atomic E-state index is -0.376. The first kappa shape index (κ1) is 16.3. The molecule has 2 fully saturated rings. The quantitative estimate of drug-likeness (QED) is 0.358. The van der Waals surface area contributed by atoms with Crippen molar-refractivity contribution in [3.63, 3.8) is 0 Å². The molecule has 0 spiro atoms. The number of carbonyl (C=O) groups excluding carboxylic acids is 1. The molecule has 0 aliphatic heterocycles. The van der Waals surface area contributed by atoms with Crippen LogP contribution in [0, 0.1) is 38.7 Å². The lowest BCUT2D eigenvalue weighted by Crippen LogP contribution is -2.41. The van der Waals surface area contributed by atoms with Gasteiger partial charge in [-0.1, -0.05) is 37.6 Å². The lowest BCUT2D eigenvalue weighted by Gasteiger charge is -2.44. The maximum atomic E-state index is 12.7. The molecule has 4 bridgehead atoms. The number of nitrogens with zero attached hydrogens (tertiary/aromatic N) is 1. The Morgan fingerprint density at radius 1 is 1.28 bits per heavy atom. The molecular formula is C20H23NO4. The van der Waals surface area contributed by atoms with E-state index in [4.69, 9.17) is 4.74 Å². The molecule has 0 radical (unpaired) electrons. The fourth-order valence-corrected chi connectivity index (χ4v) is 6.39. The summed E-state index contributed by atoms with van der Waals surface area (Å²) in [6.07, 6.45) is 2.26. The number of nitro groups is 1. The Labute approximate surface area is 147 Å². The van der Waals surface area contributed by atoms with Gasteiger partial charge in [-0.2, -0.15) is 0 Å². The largest absolute Gasteiger partial charge is 0.466 e. The number of nitro benzene ring substituents is 1. The van der Waals surface area contributed by atoms with E-state index in [1.807, 2.05) is 19.1 Å². The number of hydrogen-bond donors (Lipinski definition) is 0. The highest BCUT2D eigenvalue weighted by Gasteiger charge is 2.82. The molecule has 0 heterocycles. The summed E-state index contributed by atoms with van der Waals surface area (Å²) in [5.41, 5.74) is 2.28. The van der Waals surface area contributed by atoms with E-state index in [9.17, 15) is 14.9 Å². The summed E-state index contributed by atoms with van der Waals surface area (Å²) in [5.74, 6) is 0.655. The maximum absolute atomic E-state index is 12.7. The third-order valence-electron chi connectivity index (χ3n) is 6.92. The molecule has 0 amide bonds. The highest BCUT2D eigenvalue weighted by Crippen LogP contribution is 2.85. The number of carbonyl (C=O) groups is 1. The van der Waals surface area contributed by atoms with Crippen LogP contribution in [0.1, 0.15) is 39.2 Å². The monoisotopic (exact) mass is 341 g/mol. The molecule has 0 N–H and O–H groups in total. The van der Waals surface area contributed by atoms with E-state index < -0.39 is 0 Å². The van der Waals surface area contributed by atoms with Crippen LogP contribution in [0.2, 0.25) is 0 Å². The van der Waals surface area contributed by atoms with Crippen LogP contribution < -0.4 is 0 Å². The van der Waals surface area contributed by atoms with Crippen molar-refractivity contribution in [2.24, 2.45) is 28.6 Å². The van der Waals surface area contributed by atoms with Gasteiger partial charge in [-0.3, -0.25) is 14.9 Å². The van der Waals surface area contributed by atoms with Gasteiger partial charge in [-0.25, -0.2) is 0 Å². The summed E-state index contributed by atoms with van der Waals surface area (Å²) in [4.78, 5) is 23.3. The van der Waals surface area contributed by atoms with Crippen LogP contribution in [0.5, 0.6) is 0 Å². The molecule has 4 aliphatic carbocycles. The molecule has 6 atom stereocenters. The normalized spacial score (nSPS) is 40.4. The molecule has 2 saturated carbocycles. The second-order valence-electron chi connectivity index (χ2n) is 8.14. The predicted octanol–water partition coefficient (Wildman–Crippen LogP) is 4.09. The topological polar surface area (TPSA) is 69.4 Å². The van der Waals surface area contributed by atoms with Gasteiger partial charge in [0.25, 0.3) is 5.69 Å². The van der Waals surface area contributed by atoms with E-state index in [2.05, 4.69) is 26.8 Å². The Morgan fingerprint density at radius 3 is 2.48 bits per heavy atom. The smallest absolute Gasteiger partial charge is 0.310 e. The molecule has 5 nitrogen and oxygen atoms in total. The van der Waals surface area contributed by atoms with Crippen molar-refractivity contribution in [2.75, 3.05) is 6.61 Å². The molecule has 5 heteroatoms. The van der Waals surface area contributed by atoms with E-state index in [0.29, 0.717) is 18.4 Å². The maximum Gasteiger partial charge on any atom is 0.310 e. The summed E-state index contributed by atoms with van der Waals surface area (Å²) >= 11 is 0. The van der Waals surface area contributed by atoms with Gasteiger partial charge >= 0.3 is 5.97 Å². The number of esters is 1. The molecule has 0 aromatic heterocycles. The molecular weight excluding hydrogens is 318 g/mol. The number of benzene rings is 1. The minimum Gasteiger partial charge on any atom is -0.466 e. The summed E-state index contributed by atoms with van der Waals surface area (Å²) in [5, 5.41) is 11.0. The zero-order valence-electron chi connectivity index (χ0n) is 15.0. The van der Waals surface area contributed by atoms with Crippen molar-refractivity contribution >= 4 is 11.7 Å². The van der Waals surface area contributed by atoms with Gasteiger partial charge in [0.15, 0.2) is 0 Å². The highest BCUT2D eigenvalue weighted by molar-refractivity contribution is 5.78. The first-order valence-corrected chi connectivity index (χ1v) is 8.87. The number of hydrogen-bond acceptors (Lipinski definition) is 4. The van der Waals surface area contributed by atoms with Crippen molar-refractivity contribution in [3.05, 3.63) is 51.6 Å². The Morgan fingerprint density at radius 2 is 1.92 bits per heavy atom. The van der Waals surface area contributed by atoms with Crippen molar-refractivity contribution in [1.82, 2.24) is 0 Å². The second-order valence-corrected chi connectivity index (χ2v) is 8.14. The van der Waals surface area contributed by atoms with Gasteiger partial charge in [0.05, 0.1) is 17.4 Å². The molecule has 5 rings (SSSR count). The molecule has 132 valence electrons. The summed E-state index contributed by atoms with van der Waals surface area (Å²) in [7, 11) is 0. The molecule has 0 unspecified atom stereocenters. The average Bonchev–Trinajstić information content (AvgIpc) is 3.09. The third kappa shape index (κ3) is 1.87. The van der Waals surface area contributed by atoms with Gasteiger partial charge in [0, 0.05) is 17.5 Å². The SMILES string of the molecule is CCOC(=O)[C@@H]1[C@H]2[C@H]3C(C)=C[C@]1(C)[C@@H](c1ccc([N+](=O)[O-])cc1)[C@@]23C. The molecule has 0 saturated heterocycles. The molecule has 1 aromatic carbocycles. The van der Waals surface area contributed by atoms with Crippen LogP contribution in [0.25, 0.3) is 0 Å². The summed E-state index contributed by atoms with van der Waals surface area (Å²) in [6.45, 7) is 8.81. The first-order chi connectivity index (χ1) is 11.8. The zero-order chi connectivity index (χ0) is 18.1. The number of rotatable bonds is 4. The fraction of sp³-hybridized carbons (Fsp3) is 0.550. The summed E-state index contributed by atoms with van der Waals surface area (Å²) in [6, 6.07) is 6.87. The van der Waals surface area contributed by atoms with Gasteiger partial charge < -0.3 is 4.74 Å². The van der Waals surface area contributed by atoms with E-state index in [1.165, 1.54) is 5.57 Å². The Balaban J connectivity index is 1.79. The number of non-ortho nitro benzene ring substituents is 1. The number of ether oxygens (including phenoxy) is 1.